The summed E-state index contributed by atoms with van der Waals surface area (Å²) in [6, 6.07) is 5.46. The standard InChI is InChI=1S/C19H17ClN4O3/c20-10-18(25)22-19-21-17-8-4-7-15(24(17)23-19)16-12-26-11-14(27-16)9-13-5-2-1-3-6-13/h1-2,4-5,7-8,11-12H,3,6,9-10H2,(H,22,23,25). The molecular formula is C19H17ClN4O3. The first-order chi connectivity index (χ1) is 13.2. The molecular weight excluding hydrogens is 368 g/mol. The third-order valence-electron chi connectivity index (χ3n) is 4.10. The fourth-order valence-corrected chi connectivity index (χ4v) is 2.94. The summed E-state index contributed by atoms with van der Waals surface area (Å²) in [4.78, 5) is 15.7. The quantitative estimate of drug-likeness (QED) is 0.794. The van der Waals surface area contributed by atoms with Gasteiger partial charge in [0.1, 0.15) is 29.9 Å². The van der Waals surface area contributed by atoms with Crippen LogP contribution in [-0.4, -0.2) is 26.4 Å². The lowest BCUT2D eigenvalue weighted by molar-refractivity contribution is -0.114. The minimum absolute atomic E-state index is 0.163. The lowest BCUT2D eigenvalue weighted by Crippen LogP contribution is -2.13. The topological polar surface area (TPSA) is 77.8 Å². The second kappa shape index (κ2) is 7.67. The number of pyridine rings is 1. The van der Waals surface area contributed by atoms with Crippen molar-refractivity contribution >= 4 is 34.9 Å². The maximum absolute atomic E-state index is 11.5. The molecule has 0 saturated carbocycles. The smallest absolute Gasteiger partial charge is 0.249 e. The Kier molecular flexibility index (Phi) is 4.93. The van der Waals surface area contributed by atoms with Gasteiger partial charge in [-0.25, -0.2) is 4.52 Å². The Morgan fingerprint density at radius 2 is 2.26 bits per heavy atom. The van der Waals surface area contributed by atoms with E-state index in [1.54, 1.807) is 16.8 Å². The van der Waals surface area contributed by atoms with Gasteiger partial charge < -0.3 is 9.47 Å². The van der Waals surface area contributed by atoms with Gasteiger partial charge in [-0.05, 0) is 25.0 Å². The van der Waals surface area contributed by atoms with Crippen LogP contribution in [0.1, 0.15) is 25.0 Å². The van der Waals surface area contributed by atoms with Crippen molar-refractivity contribution < 1.29 is 14.3 Å². The van der Waals surface area contributed by atoms with Gasteiger partial charge in [0.2, 0.25) is 11.9 Å². The van der Waals surface area contributed by atoms with Crippen LogP contribution in [-0.2, 0) is 14.3 Å². The molecule has 1 amide bonds. The molecule has 0 bridgehead atoms. The number of halogens is 1. The molecule has 0 aromatic carbocycles. The van der Waals surface area contributed by atoms with Crippen molar-refractivity contribution in [2.45, 2.75) is 19.3 Å². The highest BCUT2D eigenvalue weighted by molar-refractivity contribution is 6.28. The number of ether oxygens (including phenoxy) is 2. The van der Waals surface area contributed by atoms with Crippen LogP contribution in [0.4, 0.5) is 5.95 Å². The highest BCUT2D eigenvalue weighted by Crippen LogP contribution is 2.29. The number of alkyl halides is 1. The van der Waals surface area contributed by atoms with Crippen molar-refractivity contribution in [3.63, 3.8) is 0 Å². The molecule has 1 N–H and O–H groups in total. The summed E-state index contributed by atoms with van der Waals surface area (Å²) in [5.74, 6) is 0.891. The predicted molar refractivity (Wildman–Crippen MR) is 102 cm³/mol. The van der Waals surface area contributed by atoms with Crippen molar-refractivity contribution in [3.05, 3.63) is 66.0 Å². The highest BCUT2D eigenvalue weighted by atomic mass is 35.5. The highest BCUT2D eigenvalue weighted by Gasteiger charge is 2.18. The molecule has 2 aromatic rings. The molecule has 3 heterocycles. The number of fused-ring (bicyclic) bond motifs is 1. The molecule has 7 nitrogen and oxygen atoms in total. The van der Waals surface area contributed by atoms with Gasteiger partial charge in [0.05, 0.1) is 0 Å². The van der Waals surface area contributed by atoms with Crippen molar-refractivity contribution in [2.24, 2.45) is 0 Å². The largest absolute Gasteiger partial charge is 0.465 e. The third kappa shape index (κ3) is 3.88. The molecule has 0 spiro atoms. The summed E-state index contributed by atoms with van der Waals surface area (Å²) in [7, 11) is 0. The first-order valence-electron chi connectivity index (χ1n) is 8.52. The second-order valence-corrected chi connectivity index (χ2v) is 6.34. The van der Waals surface area contributed by atoms with Crippen LogP contribution in [0, 0.1) is 0 Å². The first-order valence-corrected chi connectivity index (χ1v) is 9.05. The Balaban J connectivity index is 1.56. The lowest BCUT2D eigenvalue weighted by atomic mass is 10.0. The van der Waals surface area contributed by atoms with Crippen LogP contribution < -0.4 is 5.32 Å². The molecule has 0 fully saturated rings. The SMILES string of the molecule is O=C(CCl)Nc1nc2cccc(C3=COC=C(CC4=CC=CCC4)O3)n2n1. The fourth-order valence-electron chi connectivity index (χ4n) is 2.88. The van der Waals surface area contributed by atoms with Crippen LogP contribution in [0.15, 0.2) is 60.3 Å². The maximum Gasteiger partial charge on any atom is 0.249 e. The number of hydrogen-bond acceptors (Lipinski definition) is 5. The molecule has 0 radical (unpaired) electrons. The van der Waals surface area contributed by atoms with Crippen LogP contribution in [0.2, 0.25) is 0 Å². The molecule has 0 unspecified atom stereocenters. The van der Waals surface area contributed by atoms with E-state index < -0.39 is 0 Å². The summed E-state index contributed by atoms with van der Waals surface area (Å²) in [6.45, 7) is 0. The Hall–Kier alpha value is -3.06. The van der Waals surface area contributed by atoms with Gasteiger partial charge >= 0.3 is 0 Å². The third-order valence-corrected chi connectivity index (χ3v) is 4.34. The number of hydrogen-bond donors (Lipinski definition) is 1. The maximum atomic E-state index is 11.5. The van der Waals surface area contributed by atoms with E-state index in [1.807, 2.05) is 12.1 Å². The number of nitrogens with one attached hydrogen (secondary N) is 1. The average Bonchev–Trinajstić information content (AvgIpc) is 3.11. The molecule has 27 heavy (non-hydrogen) atoms. The predicted octanol–water partition coefficient (Wildman–Crippen LogP) is 3.76. The lowest BCUT2D eigenvalue weighted by Gasteiger charge is -2.18. The van der Waals surface area contributed by atoms with Gasteiger partial charge in [-0.2, -0.15) is 4.98 Å². The Bertz CT molecular complexity index is 1000. The van der Waals surface area contributed by atoms with Crippen molar-refractivity contribution in [2.75, 3.05) is 11.2 Å². The van der Waals surface area contributed by atoms with Gasteiger partial charge in [0.25, 0.3) is 0 Å². The summed E-state index contributed by atoms with van der Waals surface area (Å²) < 4.78 is 13.1. The van der Waals surface area contributed by atoms with Gasteiger partial charge in [-0.1, -0.05) is 29.9 Å². The van der Waals surface area contributed by atoms with E-state index in [1.165, 1.54) is 11.8 Å². The monoisotopic (exact) mass is 384 g/mol. The minimum Gasteiger partial charge on any atom is -0.465 e. The number of nitrogens with zero attached hydrogens (tertiary/aromatic N) is 3. The molecule has 138 valence electrons. The average molecular weight is 385 g/mol. The van der Waals surface area contributed by atoms with Crippen LogP contribution in [0.25, 0.3) is 11.4 Å². The molecule has 0 saturated heterocycles. The van der Waals surface area contributed by atoms with E-state index in [9.17, 15) is 4.79 Å². The zero-order valence-electron chi connectivity index (χ0n) is 14.4. The summed E-state index contributed by atoms with van der Waals surface area (Å²) in [5, 5.41) is 6.86. The molecule has 1 aliphatic carbocycles. The van der Waals surface area contributed by atoms with E-state index >= 15 is 0 Å². The summed E-state index contributed by atoms with van der Waals surface area (Å²) >= 11 is 5.51. The van der Waals surface area contributed by atoms with E-state index in [0.717, 1.165) is 18.6 Å². The van der Waals surface area contributed by atoms with Crippen molar-refractivity contribution in [1.82, 2.24) is 14.6 Å². The fraction of sp³-hybridized carbons (Fsp3) is 0.211. The van der Waals surface area contributed by atoms with Crippen molar-refractivity contribution in [3.8, 4) is 0 Å². The number of anilines is 1. The molecule has 4 rings (SSSR count). The molecule has 2 aliphatic rings. The number of carbonyl (C=O) groups is 1. The zero-order chi connectivity index (χ0) is 18.6. The first kappa shape index (κ1) is 17.4. The zero-order valence-corrected chi connectivity index (χ0v) is 15.1. The van der Waals surface area contributed by atoms with E-state index in [2.05, 4.69) is 33.6 Å². The summed E-state index contributed by atoms with van der Waals surface area (Å²) in [5.41, 5.74) is 2.52. The Labute approximate surface area is 160 Å². The molecule has 8 heteroatoms. The molecule has 2 aromatic heterocycles. The Morgan fingerprint density at radius 3 is 3.07 bits per heavy atom. The second-order valence-electron chi connectivity index (χ2n) is 6.07. The van der Waals surface area contributed by atoms with E-state index in [-0.39, 0.29) is 17.7 Å². The number of rotatable bonds is 5. The normalized spacial score (nSPS) is 16.1. The minimum atomic E-state index is -0.370. The molecule has 0 atom stereocenters. The van der Waals surface area contributed by atoms with Gasteiger partial charge in [-0.15, -0.1) is 16.7 Å². The van der Waals surface area contributed by atoms with Gasteiger partial charge in [-0.3, -0.25) is 10.1 Å². The van der Waals surface area contributed by atoms with E-state index in [4.69, 9.17) is 21.1 Å². The summed E-state index contributed by atoms with van der Waals surface area (Å²) in [6.07, 6.45) is 12.2. The van der Waals surface area contributed by atoms with Crippen LogP contribution in [0.5, 0.6) is 0 Å². The number of allylic oxidation sites excluding steroid dienone is 4. The van der Waals surface area contributed by atoms with Gasteiger partial charge in [0.15, 0.2) is 11.4 Å². The van der Waals surface area contributed by atoms with Crippen LogP contribution >= 0.6 is 11.6 Å². The van der Waals surface area contributed by atoms with Crippen LogP contribution in [0.3, 0.4) is 0 Å². The number of aromatic nitrogens is 3. The Morgan fingerprint density at radius 1 is 1.33 bits per heavy atom. The number of amides is 1. The number of carbonyl (C=O) groups excluding carboxylic acids is 1. The van der Waals surface area contributed by atoms with Crippen molar-refractivity contribution in [1.29, 1.82) is 0 Å². The molecule has 1 aliphatic heterocycles. The van der Waals surface area contributed by atoms with Gasteiger partial charge in [0, 0.05) is 6.42 Å². The van der Waals surface area contributed by atoms with E-state index in [0.29, 0.717) is 23.5 Å².